The Labute approximate surface area is 169 Å². The first-order valence-corrected chi connectivity index (χ1v) is 9.69. The van der Waals surface area contributed by atoms with E-state index < -0.39 is 5.41 Å². The topological polar surface area (TPSA) is 85.9 Å². The van der Waals surface area contributed by atoms with Crippen molar-refractivity contribution in [2.24, 2.45) is 5.41 Å². The lowest BCUT2D eigenvalue weighted by molar-refractivity contribution is -0.137. The lowest BCUT2D eigenvalue weighted by Crippen LogP contribution is -2.43. The second-order valence-electron chi connectivity index (χ2n) is 7.31. The molecule has 0 aromatic heterocycles. The molecular weight excluding hydrogens is 372 g/mol. The molecule has 29 heavy (non-hydrogen) atoms. The predicted molar refractivity (Wildman–Crippen MR) is 106 cm³/mol. The van der Waals surface area contributed by atoms with Gasteiger partial charge < -0.3 is 24.8 Å². The van der Waals surface area contributed by atoms with Crippen LogP contribution in [0, 0.1) is 5.41 Å². The summed E-state index contributed by atoms with van der Waals surface area (Å²) in [7, 11) is 1.62. The second-order valence-corrected chi connectivity index (χ2v) is 7.31. The van der Waals surface area contributed by atoms with E-state index in [1.54, 1.807) is 7.11 Å². The van der Waals surface area contributed by atoms with Crippen LogP contribution in [-0.4, -0.2) is 32.3 Å². The summed E-state index contributed by atoms with van der Waals surface area (Å²) < 4.78 is 15.9. The Morgan fingerprint density at radius 1 is 1.00 bits per heavy atom. The van der Waals surface area contributed by atoms with Crippen LogP contribution in [0.1, 0.15) is 24.0 Å². The SMILES string of the molecule is COc1cccc(CCNC(=O)C2(C(=O)NCc3ccc4c(c3)OCO4)CC2)c1. The molecule has 4 rings (SSSR count). The number of hydrogen-bond acceptors (Lipinski definition) is 5. The minimum atomic E-state index is -0.940. The quantitative estimate of drug-likeness (QED) is 0.668. The van der Waals surface area contributed by atoms with Crippen LogP contribution in [0.5, 0.6) is 17.2 Å². The minimum Gasteiger partial charge on any atom is -0.497 e. The highest BCUT2D eigenvalue weighted by Gasteiger charge is 2.56. The standard InChI is InChI=1S/C22H24N2O5/c1-27-17-4-2-3-15(11-17)7-10-23-20(25)22(8-9-22)21(26)24-13-16-5-6-18-19(12-16)29-14-28-18/h2-6,11-12H,7-10,13-14H2,1H3,(H,23,25)(H,24,26). The van der Waals surface area contributed by atoms with Gasteiger partial charge in [0.1, 0.15) is 11.2 Å². The molecule has 2 aromatic rings. The second kappa shape index (κ2) is 8.03. The summed E-state index contributed by atoms with van der Waals surface area (Å²) in [5.41, 5.74) is 1.03. The van der Waals surface area contributed by atoms with Crippen molar-refractivity contribution in [2.75, 3.05) is 20.4 Å². The molecule has 2 amide bonds. The Hall–Kier alpha value is -3.22. The summed E-state index contributed by atoms with van der Waals surface area (Å²) in [5.74, 6) is 1.73. The fourth-order valence-electron chi connectivity index (χ4n) is 3.40. The van der Waals surface area contributed by atoms with E-state index >= 15 is 0 Å². The molecular formula is C22H24N2O5. The number of fused-ring (bicyclic) bond motifs is 1. The minimum absolute atomic E-state index is 0.205. The monoisotopic (exact) mass is 396 g/mol. The van der Waals surface area contributed by atoms with Crippen LogP contribution < -0.4 is 24.8 Å². The van der Waals surface area contributed by atoms with Gasteiger partial charge in [0, 0.05) is 13.1 Å². The van der Waals surface area contributed by atoms with Gasteiger partial charge in [-0.3, -0.25) is 9.59 Å². The summed E-state index contributed by atoms with van der Waals surface area (Å²) in [6.45, 7) is 1.03. The van der Waals surface area contributed by atoms with Crippen LogP contribution in [0.4, 0.5) is 0 Å². The number of hydrogen-bond donors (Lipinski definition) is 2. The van der Waals surface area contributed by atoms with E-state index in [0.29, 0.717) is 43.9 Å². The number of amides is 2. The Balaban J connectivity index is 1.27. The average molecular weight is 396 g/mol. The van der Waals surface area contributed by atoms with Gasteiger partial charge in [0.15, 0.2) is 11.5 Å². The third-order valence-electron chi connectivity index (χ3n) is 5.34. The van der Waals surface area contributed by atoms with Crippen molar-refractivity contribution < 1.29 is 23.8 Å². The summed E-state index contributed by atoms with van der Waals surface area (Å²) in [4.78, 5) is 25.3. The van der Waals surface area contributed by atoms with Gasteiger partial charge >= 0.3 is 0 Å². The molecule has 0 bridgehead atoms. The first kappa shape index (κ1) is 19.1. The first-order chi connectivity index (χ1) is 14.1. The Morgan fingerprint density at radius 3 is 2.59 bits per heavy atom. The van der Waals surface area contributed by atoms with E-state index in [2.05, 4.69) is 10.6 Å². The molecule has 0 atom stereocenters. The maximum Gasteiger partial charge on any atom is 0.235 e. The molecule has 2 aliphatic rings. The third-order valence-corrected chi connectivity index (χ3v) is 5.34. The fraction of sp³-hybridized carbons (Fsp3) is 0.364. The highest BCUT2D eigenvalue weighted by atomic mass is 16.7. The first-order valence-electron chi connectivity index (χ1n) is 9.69. The van der Waals surface area contributed by atoms with E-state index in [4.69, 9.17) is 14.2 Å². The van der Waals surface area contributed by atoms with Gasteiger partial charge in [-0.05, 0) is 54.7 Å². The van der Waals surface area contributed by atoms with Gasteiger partial charge in [-0.2, -0.15) is 0 Å². The van der Waals surface area contributed by atoms with E-state index in [-0.39, 0.29) is 18.6 Å². The average Bonchev–Trinajstić information content (AvgIpc) is 3.43. The summed E-state index contributed by atoms with van der Waals surface area (Å²) >= 11 is 0. The van der Waals surface area contributed by atoms with Crippen molar-refractivity contribution in [3.05, 3.63) is 53.6 Å². The molecule has 7 heteroatoms. The number of benzene rings is 2. The normalized spacial score (nSPS) is 15.5. The zero-order valence-electron chi connectivity index (χ0n) is 16.3. The molecule has 152 valence electrons. The fourth-order valence-corrected chi connectivity index (χ4v) is 3.40. The van der Waals surface area contributed by atoms with Crippen molar-refractivity contribution >= 4 is 11.8 Å². The molecule has 2 N–H and O–H groups in total. The zero-order chi connectivity index (χ0) is 20.3. The summed E-state index contributed by atoms with van der Waals surface area (Å²) in [6.07, 6.45) is 1.83. The molecule has 1 aliphatic heterocycles. The van der Waals surface area contributed by atoms with Gasteiger partial charge in [-0.1, -0.05) is 18.2 Å². The smallest absolute Gasteiger partial charge is 0.235 e. The third kappa shape index (κ3) is 4.13. The summed E-state index contributed by atoms with van der Waals surface area (Å²) in [6, 6.07) is 13.3. The van der Waals surface area contributed by atoms with Crippen LogP contribution in [0.15, 0.2) is 42.5 Å². The largest absolute Gasteiger partial charge is 0.497 e. The summed E-state index contributed by atoms with van der Waals surface area (Å²) in [5, 5.41) is 5.79. The van der Waals surface area contributed by atoms with Crippen LogP contribution in [0.2, 0.25) is 0 Å². The lowest BCUT2D eigenvalue weighted by atomic mass is 10.0. The van der Waals surface area contributed by atoms with Gasteiger partial charge in [-0.15, -0.1) is 0 Å². The molecule has 1 fully saturated rings. The van der Waals surface area contributed by atoms with Crippen LogP contribution in [-0.2, 0) is 22.6 Å². The molecule has 0 radical (unpaired) electrons. The molecule has 2 aromatic carbocycles. The Bertz CT molecular complexity index is 923. The van der Waals surface area contributed by atoms with E-state index in [9.17, 15) is 9.59 Å². The number of rotatable bonds is 8. The van der Waals surface area contributed by atoms with Crippen molar-refractivity contribution in [1.29, 1.82) is 0 Å². The lowest BCUT2D eigenvalue weighted by Gasteiger charge is -2.16. The van der Waals surface area contributed by atoms with Crippen LogP contribution in [0.25, 0.3) is 0 Å². The van der Waals surface area contributed by atoms with E-state index in [1.165, 1.54) is 0 Å². The highest BCUT2D eigenvalue weighted by Crippen LogP contribution is 2.46. The maximum absolute atomic E-state index is 12.6. The van der Waals surface area contributed by atoms with Crippen molar-refractivity contribution in [2.45, 2.75) is 25.8 Å². The predicted octanol–water partition coefficient (Wildman–Crippen LogP) is 2.18. The molecule has 1 aliphatic carbocycles. The van der Waals surface area contributed by atoms with Crippen molar-refractivity contribution in [3.63, 3.8) is 0 Å². The van der Waals surface area contributed by atoms with Gasteiger partial charge in [-0.25, -0.2) is 0 Å². The Kier molecular flexibility index (Phi) is 5.29. The van der Waals surface area contributed by atoms with E-state index in [1.807, 2.05) is 42.5 Å². The van der Waals surface area contributed by atoms with Crippen LogP contribution >= 0.6 is 0 Å². The Morgan fingerprint density at radius 2 is 1.79 bits per heavy atom. The van der Waals surface area contributed by atoms with Gasteiger partial charge in [0.2, 0.25) is 18.6 Å². The maximum atomic E-state index is 12.6. The van der Waals surface area contributed by atoms with Gasteiger partial charge in [0.25, 0.3) is 0 Å². The molecule has 0 saturated heterocycles. The van der Waals surface area contributed by atoms with Crippen molar-refractivity contribution in [1.82, 2.24) is 10.6 Å². The number of methoxy groups -OCH3 is 1. The molecule has 1 heterocycles. The van der Waals surface area contributed by atoms with Crippen molar-refractivity contribution in [3.8, 4) is 17.2 Å². The highest BCUT2D eigenvalue weighted by molar-refractivity contribution is 6.07. The van der Waals surface area contributed by atoms with E-state index in [0.717, 1.165) is 16.9 Å². The number of nitrogens with one attached hydrogen (secondary N) is 2. The molecule has 0 spiro atoms. The molecule has 7 nitrogen and oxygen atoms in total. The molecule has 1 saturated carbocycles. The number of ether oxygens (including phenoxy) is 3. The number of carbonyl (C=O) groups is 2. The van der Waals surface area contributed by atoms with Gasteiger partial charge in [0.05, 0.1) is 7.11 Å². The molecule has 0 unspecified atom stereocenters. The number of carbonyl (C=O) groups excluding carboxylic acids is 2. The zero-order valence-corrected chi connectivity index (χ0v) is 16.3. The van der Waals surface area contributed by atoms with Crippen LogP contribution in [0.3, 0.4) is 0 Å².